The molecule has 28 heavy (non-hydrogen) atoms. The van der Waals surface area contributed by atoms with Gasteiger partial charge in [-0.3, -0.25) is 9.59 Å². The lowest BCUT2D eigenvalue weighted by atomic mass is 10.0. The van der Waals surface area contributed by atoms with Gasteiger partial charge in [0.25, 0.3) is 5.91 Å². The average molecular weight is 407 g/mol. The molecule has 0 fully saturated rings. The van der Waals surface area contributed by atoms with E-state index in [2.05, 4.69) is 5.32 Å². The average Bonchev–Trinajstić information content (AvgIpc) is 2.61. The maximum atomic E-state index is 13.2. The van der Waals surface area contributed by atoms with Crippen molar-refractivity contribution in [1.29, 1.82) is 0 Å². The van der Waals surface area contributed by atoms with Crippen LogP contribution in [0.3, 0.4) is 0 Å². The third-order valence-corrected chi connectivity index (χ3v) is 4.87. The maximum Gasteiger partial charge on any atom is 0.316 e. The van der Waals surface area contributed by atoms with Gasteiger partial charge in [-0.05, 0) is 56.2 Å². The van der Waals surface area contributed by atoms with Crippen molar-refractivity contribution in [2.45, 2.75) is 31.6 Å². The molecule has 0 aliphatic heterocycles. The SMILES string of the molecule is CC(C)(C)NC(=O)COC(=O)CSC(c1ccc(F)cc1)c1ccc(F)cc1. The number of nitrogens with one attached hydrogen (secondary N) is 1. The van der Waals surface area contributed by atoms with E-state index in [1.54, 1.807) is 24.3 Å². The van der Waals surface area contributed by atoms with Gasteiger partial charge in [0.05, 0.1) is 11.0 Å². The van der Waals surface area contributed by atoms with Crippen LogP contribution >= 0.6 is 11.8 Å². The van der Waals surface area contributed by atoms with Crippen molar-refractivity contribution in [3.63, 3.8) is 0 Å². The van der Waals surface area contributed by atoms with E-state index in [0.717, 1.165) is 11.1 Å². The lowest BCUT2D eigenvalue weighted by molar-refractivity contribution is -0.146. The number of esters is 1. The van der Waals surface area contributed by atoms with Crippen LogP contribution in [0.5, 0.6) is 0 Å². The molecule has 0 atom stereocenters. The number of amides is 1. The Morgan fingerprint density at radius 2 is 1.43 bits per heavy atom. The number of carbonyl (C=O) groups excluding carboxylic acids is 2. The summed E-state index contributed by atoms with van der Waals surface area (Å²) in [5, 5.41) is 2.40. The fraction of sp³-hybridized carbons (Fsp3) is 0.333. The van der Waals surface area contributed by atoms with Crippen LogP contribution in [-0.2, 0) is 14.3 Å². The highest BCUT2D eigenvalue weighted by Crippen LogP contribution is 2.35. The number of hydrogen-bond donors (Lipinski definition) is 1. The summed E-state index contributed by atoms with van der Waals surface area (Å²) in [6.07, 6.45) is 0. The van der Waals surface area contributed by atoms with Crippen LogP contribution in [0.15, 0.2) is 48.5 Å². The molecule has 0 aliphatic rings. The van der Waals surface area contributed by atoms with Crippen molar-refractivity contribution in [1.82, 2.24) is 5.32 Å². The molecule has 4 nitrogen and oxygen atoms in total. The molecule has 0 aliphatic carbocycles. The first-order valence-corrected chi connectivity index (χ1v) is 9.78. The Hall–Kier alpha value is -2.41. The first kappa shape index (κ1) is 21.9. The highest BCUT2D eigenvalue weighted by molar-refractivity contribution is 8.00. The quantitative estimate of drug-likeness (QED) is 0.698. The van der Waals surface area contributed by atoms with Gasteiger partial charge >= 0.3 is 5.97 Å². The summed E-state index contributed by atoms with van der Waals surface area (Å²) in [7, 11) is 0. The molecule has 0 bridgehead atoms. The third-order valence-electron chi connectivity index (χ3n) is 3.59. The Morgan fingerprint density at radius 3 is 1.86 bits per heavy atom. The predicted molar refractivity (Wildman–Crippen MR) is 106 cm³/mol. The van der Waals surface area contributed by atoms with E-state index in [1.165, 1.54) is 36.0 Å². The van der Waals surface area contributed by atoms with Gasteiger partial charge in [0, 0.05) is 5.54 Å². The number of ether oxygens (including phenoxy) is 1. The van der Waals surface area contributed by atoms with Crippen molar-refractivity contribution in [3.05, 3.63) is 71.3 Å². The largest absolute Gasteiger partial charge is 0.455 e. The minimum atomic E-state index is -0.539. The van der Waals surface area contributed by atoms with Crippen molar-refractivity contribution >= 4 is 23.6 Å². The van der Waals surface area contributed by atoms with Crippen LogP contribution in [0.4, 0.5) is 8.78 Å². The molecule has 0 saturated carbocycles. The van der Waals surface area contributed by atoms with Gasteiger partial charge in [0.2, 0.25) is 0 Å². The minimum absolute atomic E-state index is 0.0117. The van der Waals surface area contributed by atoms with Crippen LogP contribution < -0.4 is 5.32 Å². The fourth-order valence-electron chi connectivity index (χ4n) is 2.45. The van der Waals surface area contributed by atoms with E-state index in [-0.39, 0.29) is 35.2 Å². The van der Waals surface area contributed by atoms with E-state index in [1.807, 2.05) is 20.8 Å². The van der Waals surface area contributed by atoms with Crippen LogP contribution in [0, 0.1) is 11.6 Å². The van der Waals surface area contributed by atoms with Crippen LogP contribution in [-0.4, -0.2) is 29.8 Å². The summed E-state index contributed by atoms with van der Waals surface area (Å²) in [6, 6.07) is 11.8. The first-order valence-electron chi connectivity index (χ1n) is 8.73. The second-order valence-corrected chi connectivity index (χ2v) is 8.35. The van der Waals surface area contributed by atoms with Crippen molar-refractivity contribution < 1.29 is 23.1 Å². The molecule has 0 spiro atoms. The van der Waals surface area contributed by atoms with Gasteiger partial charge in [-0.15, -0.1) is 11.8 Å². The molecule has 2 aromatic rings. The Kier molecular flexibility index (Phi) is 7.57. The fourth-order valence-corrected chi connectivity index (χ4v) is 3.54. The van der Waals surface area contributed by atoms with Gasteiger partial charge in [-0.1, -0.05) is 24.3 Å². The molecule has 7 heteroatoms. The lowest BCUT2D eigenvalue weighted by Gasteiger charge is -2.20. The topological polar surface area (TPSA) is 55.4 Å². The number of thioether (sulfide) groups is 1. The number of hydrogen-bond acceptors (Lipinski definition) is 4. The molecule has 2 rings (SSSR count). The second kappa shape index (κ2) is 9.68. The molecule has 0 unspecified atom stereocenters. The van der Waals surface area contributed by atoms with Crippen LogP contribution in [0.1, 0.15) is 37.1 Å². The summed E-state index contributed by atoms with van der Waals surface area (Å²) < 4.78 is 31.5. The number of rotatable bonds is 7. The van der Waals surface area contributed by atoms with Gasteiger partial charge in [-0.25, -0.2) is 8.78 Å². The second-order valence-electron chi connectivity index (χ2n) is 7.25. The minimum Gasteiger partial charge on any atom is -0.455 e. The molecule has 150 valence electrons. The summed E-state index contributed by atoms with van der Waals surface area (Å²) in [5.74, 6) is -1.66. The summed E-state index contributed by atoms with van der Waals surface area (Å²) in [4.78, 5) is 23.8. The highest BCUT2D eigenvalue weighted by Gasteiger charge is 2.19. The number of benzene rings is 2. The normalized spacial score (nSPS) is 11.4. The Balaban J connectivity index is 2.00. The molecular formula is C21H23F2NO3S. The number of halogens is 2. The molecule has 1 N–H and O–H groups in total. The van der Waals surface area contributed by atoms with E-state index in [9.17, 15) is 18.4 Å². The van der Waals surface area contributed by atoms with Gasteiger partial charge in [0.1, 0.15) is 11.6 Å². The van der Waals surface area contributed by atoms with E-state index < -0.39 is 11.5 Å². The van der Waals surface area contributed by atoms with Crippen molar-refractivity contribution in [2.24, 2.45) is 0 Å². The summed E-state index contributed by atoms with van der Waals surface area (Å²) in [5.41, 5.74) is 1.14. The van der Waals surface area contributed by atoms with Gasteiger partial charge in [-0.2, -0.15) is 0 Å². The standard InChI is InChI=1S/C21H23F2NO3S/c1-21(2,3)24-18(25)12-27-19(26)13-28-20(14-4-8-16(22)9-5-14)15-6-10-17(23)11-7-15/h4-11,20H,12-13H2,1-3H3,(H,24,25). The smallest absolute Gasteiger partial charge is 0.316 e. The third kappa shape index (κ3) is 7.31. The Bertz CT molecular complexity index is 756. The van der Waals surface area contributed by atoms with Gasteiger partial charge in [0.15, 0.2) is 6.61 Å². The Morgan fingerprint density at radius 1 is 0.964 bits per heavy atom. The zero-order valence-corrected chi connectivity index (χ0v) is 16.8. The van der Waals surface area contributed by atoms with E-state index >= 15 is 0 Å². The van der Waals surface area contributed by atoms with Crippen molar-refractivity contribution in [2.75, 3.05) is 12.4 Å². The Labute approximate surface area is 167 Å². The first-order chi connectivity index (χ1) is 13.1. The van der Waals surface area contributed by atoms with Crippen LogP contribution in [0.25, 0.3) is 0 Å². The zero-order chi connectivity index (χ0) is 20.7. The molecule has 0 radical (unpaired) electrons. The molecular weight excluding hydrogens is 384 g/mol. The molecule has 0 aromatic heterocycles. The lowest BCUT2D eigenvalue weighted by Crippen LogP contribution is -2.42. The van der Waals surface area contributed by atoms with Crippen molar-refractivity contribution in [3.8, 4) is 0 Å². The van der Waals surface area contributed by atoms with Gasteiger partial charge < -0.3 is 10.1 Å². The molecule has 0 heterocycles. The maximum absolute atomic E-state index is 13.2. The van der Waals surface area contributed by atoms with E-state index in [0.29, 0.717) is 0 Å². The highest BCUT2D eigenvalue weighted by atomic mass is 32.2. The monoisotopic (exact) mass is 407 g/mol. The molecule has 2 aromatic carbocycles. The zero-order valence-electron chi connectivity index (χ0n) is 16.0. The number of carbonyl (C=O) groups is 2. The molecule has 1 amide bonds. The van der Waals surface area contributed by atoms with E-state index in [4.69, 9.17) is 4.74 Å². The van der Waals surface area contributed by atoms with Crippen LogP contribution in [0.2, 0.25) is 0 Å². The summed E-state index contributed by atoms with van der Waals surface area (Å²) in [6.45, 7) is 5.14. The predicted octanol–water partition coefficient (Wildman–Crippen LogP) is 4.25. The molecule has 0 saturated heterocycles. The summed E-state index contributed by atoms with van der Waals surface area (Å²) >= 11 is 1.26.